The van der Waals surface area contributed by atoms with Crippen molar-refractivity contribution in [2.24, 2.45) is 0 Å². The second-order valence-electron chi connectivity index (χ2n) is 1.77. The van der Waals surface area contributed by atoms with Crippen LogP contribution in [-0.4, -0.2) is 44.5 Å². The van der Waals surface area contributed by atoms with Crippen LogP contribution in [0.3, 0.4) is 0 Å². The number of ether oxygens (including phenoxy) is 1. The van der Waals surface area contributed by atoms with E-state index >= 15 is 0 Å². The van der Waals surface area contributed by atoms with Crippen LogP contribution in [0.15, 0.2) is 0 Å². The van der Waals surface area contributed by atoms with Crippen LogP contribution in [0.4, 0.5) is 22.0 Å². The fourth-order valence-electron chi connectivity index (χ4n) is 0.221. The smallest absolute Gasteiger partial charge is 0.394 e. The summed E-state index contributed by atoms with van der Waals surface area (Å²) in [5.74, 6) is 0. The van der Waals surface area contributed by atoms with Gasteiger partial charge < -0.3 is 9.84 Å². The molecule has 0 saturated carbocycles. The Morgan fingerprint density at radius 2 is 1.24 bits per heavy atom. The van der Waals surface area contributed by atoms with Crippen molar-refractivity contribution in [2.45, 2.75) is 35.9 Å². The van der Waals surface area contributed by atoms with Crippen molar-refractivity contribution in [1.82, 2.24) is 0 Å². The Bertz CT molecular complexity index is 95.2. The van der Waals surface area contributed by atoms with Gasteiger partial charge in [0.15, 0.2) is 6.67 Å². The molecule has 0 spiro atoms. The summed E-state index contributed by atoms with van der Waals surface area (Å²) in [6, 6.07) is 0. The average molecular weight is 274 g/mol. The highest BCUT2D eigenvalue weighted by molar-refractivity contribution is 4.39. The molecule has 0 aliphatic rings. The molecule has 2 nitrogen and oxygen atoms in total. The standard InChI is InChI=1S/C4H9FO2.C2H2F4.4CH4/c5-1-3-7-4-2-6;3-1-2(4,5)6;;;;/h6H,1-4H2;1H2;4*1H4. The largest absolute Gasteiger partial charge is 0.416 e. The van der Waals surface area contributed by atoms with E-state index in [1.165, 1.54) is 0 Å². The highest BCUT2D eigenvalue weighted by Crippen LogP contribution is 2.13. The fourth-order valence-corrected chi connectivity index (χ4v) is 0.221. The van der Waals surface area contributed by atoms with Crippen LogP contribution in [0.1, 0.15) is 29.7 Å². The lowest BCUT2D eigenvalue weighted by atomic mass is 10.7. The first-order chi connectivity index (χ1) is 5.97. The van der Waals surface area contributed by atoms with E-state index in [0.717, 1.165) is 0 Å². The molecule has 0 radical (unpaired) electrons. The lowest BCUT2D eigenvalue weighted by Crippen LogP contribution is -2.08. The maximum absolute atomic E-state index is 11.1. The zero-order valence-electron chi connectivity index (χ0n) is 6.78. The number of aliphatic hydroxyl groups excluding tert-OH is 1. The van der Waals surface area contributed by atoms with E-state index in [-0.39, 0.29) is 49.5 Å². The van der Waals surface area contributed by atoms with Crippen molar-refractivity contribution in [3.63, 3.8) is 0 Å². The normalized spacial score (nSPS) is 8.12. The van der Waals surface area contributed by atoms with Gasteiger partial charge >= 0.3 is 6.18 Å². The van der Waals surface area contributed by atoms with E-state index in [2.05, 4.69) is 4.74 Å². The molecule has 114 valence electrons. The van der Waals surface area contributed by atoms with Crippen LogP contribution >= 0.6 is 0 Å². The van der Waals surface area contributed by atoms with Gasteiger partial charge in [-0.2, -0.15) is 13.2 Å². The SMILES string of the molecule is C.C.C.C.FCC(F)(F)F.OCCOCCF. The van der Waals surface area contributed by atoms with E-state index < -0.39 is 19.5 Å². The second kappa shape index (κ2) is 24.7. The third-order valence-corrected chi connectivity index (χ3v) is 0.609. The number of aliphatic hydroxyl groups is 1. The minimum Gasteiger partial charge on any atom is -0.394 e. The minimum atomic E-state index is -4.62. The quantitative estimate of drug-likeness (QED) is 0.619. The van der Waals surface area contributed by atoms with Gasteiger partial charge in [0.25, 0.3) is 0 Å². The third-order valence-electron chi connectivity index (χ3n) is 0.609. The first-order valence-electron chi connectivity index (χ1n) is 3.35. The molecule has 0 aliphatic heterocycles. The molecule has 1 N–H and O–H groups in total. The summed E-state index contributed by atoms with van der Waals surface area (Å²) in [6.07, 6.45) is -4.62. The molecule has 0 fully saturated rings. The molecule has 0 rings (SSSR count). The first-order valence-corrected chi connectivity index (χ1v) is 3.35. The van der Waals surface area contributed by atoms with E-state index in [1.54, 1.807) is 0 Å². The van der Waals surface area contributed by atoms with Gasteiger partial charge in [-0.3, -0.25) is 0 Å². The summed E-state index contributed by atoms with van der Waals surface area (Å²) in [6.45, 7) is -2.39. The molecule has 0 bridgehead atoms. The van der Waals surface area contributed by atoms with Gasteiger partial charge in [0.2, 0.25) is 0 Å². The van der Waals surface area contributed by atoms with Crippen molar-refractivity contribution < 1.29 is 31.8 Å². The Hall–Kier alpha value is -0.430. The molecule has 0 amide bonds. The number of rotatable bonds is 4. The molecule has 0 aromatic heterocycles. The molecule has 7 heteroatoms. The number of hydrogen-bond acceptors (Lipinski definition) is 2. The topological polar surface area (TPSA) is 29.5 Å². The van der Waals surface area contributed by atoms with E-state index in [9.17, 15) is 22.0 Å². The van der Waals surface area contributed by atoms with Crippen LogP contribution in [-0.2, 0) is 4.74 Å². The predicted molar refractivity (Wildman–Crippen MR) is 62.8 cm³/mol. The van der Waals surface area contributed by atoms with Crippen molar-refractivity contribution >= 4 is 0 Å². The van der Waals surface area contributed by atoms with Gasteiger partial charge in [-0.05, 0) is 0 Å². The lowest BCUT2D eigenvalue weighted by Gasteiger charge is -1.93. The zero-order chi connectivity index (χ0) is 10.7. The number of hydrogen-bond donors (Lipinski definition) is 1. The molecule has 0 heterocycles. The van der Waals surface area contributed by atoms with E-state index in [0.29, 0.717) is 0 Å². The Balaban J connectivity index is -0.0000000290. The molecule has 0 atom stereocenters. The van der Waals surface area contributed by atoms with Crippen LogP contribution in [0.2, 0.25) is 0 Å². The monoisotopic (exact) mass is 274 g/mol. The highest BCUT2D eigenvalue weighted by Gasteiger charge is 2.26. The summed E-state index contributed by atoms with van der Waals surface area (Å²) >= 11 is 0. The maximum atomic E-state index is 11.1. The van der Waals surface area contributed by atoms with Crippen molar-refractivity contribution in [1.29, 1.82) is 0 Å². The average Bonchev–Trinajstić information content (AvgIpc) is 2.06. The predicted octanol–water partition coefficient (Wildman–Crippen LogP) is 4.03. The highest BCUT2D eigenvalue weighted by atomic mass is 19.4. The van der Waals surface area contributed by atoms with E-state index in [4.69, 9.17) is 5.11 Å². The molecule has 17 heavy (non-hydrogen) atoms. The van der Waals surface area contributed by atoms with Crippen LogP contribution in [0.5, 0.6) is 0 Å². The molecule has 0 saturated heterocycles. The molecule has 0 aromatic rings. The van der Waals surface area contributed by atoms with Gasteiger partial charge in [0.1, 0.15) is 6.67 Å². The van der Waals surface area contributed by atoms with Gasteiger partial charge in [-0.25, -0.2) is 8.78 Å². The minimum absolute atomic E-state index is 0. The number of halogens is 5. The van der Waals surface area contributed by atoms with Crippen LogP contribution in [0, 0.1) is 0 Å². The Kier molecular flexibility index (Phi) is 52.2. The lowest BCUT2D eigenvalue weighted by molar-refractivity contribution is -0.142. The number of alkyl halides is 5. The van der Waals surface area contributed by atoms with Crippen molar-refractivity contribution in [3.8, 4) is 0 Å². The molecular weight excluding hydrogens is 247 g/mol. The molecular formula is C10H27F5O2. The summed E-state index contributed by atoms with van der Waals surface area (Å²) in [5, 5.41) is 8.05. The van der Waals surface area contributed by atoms with Gasteiger partial charge in [0.05, 0.1) is 19.8 Å². The van der Waals surface area contributed by atoms with Crippen LogP contribution in [0.25, 0.3) is 0 Å². The fraction of sp³-hybridized carbons (Fsp3) is 1.00. The second-order valence-corrected chi connectivity index (χ2v) is 1.77. The van der Waals surface area contributed by atoms with Crippen molar-refractivity contribution in [3.05, 3.63) is 0 Å². The summed E-state index contributed by atoms with van der Waals surface area (Å²) in [5.41, 5.74) is 0. The maximum Gasteiger partial charge on any atom is 0.416 e. The third kappa shape index (κ3) is 66.4. The molecule has 0 aromatic carbocycles. The summed E-state index contributed by atoms with van der Waals surface area (Å²) in [4.78, 5) is 0. The van der Waals surface area contributed by atoms with Gasteiger partial charge in [-0.15, -0.1) is 0 Å². The van der Waals surface area contributed by atoms with Crippen molar-refractivity contribution in [2.75, 3.05) is 33.2 Å². The summed E-state index contributed by atoms with van der Waals surface area (Å²) in [7, 11) is 0. The van der Waals surface area contributed by atoms with Gasteiger partial charge in [-0.1, -0.05) is 29.7 Å². The molecule has 0 aliphatic carbocycles. The zero-order valence-corrected chi connectivity index (χ0v) is 6.78. The Labute approximate surface area is 102 Å². The molecule has 0 unspecified atom stereocenters. The van der Waals surface area contributed by atoms with E-state index in [1.807, 2.05) is 0 Å². The Morgan fingerprint density at radius 1 is 0.882 bits per heavy atom. The van der Waals surface area contributed by atoms with Gasteiger partial charge in [0, 0.05) is 0 Å². The van der Waals surface area contributed by atoms with Crippen LogP contribution < -0.4 is 0 Å². The Morgan fingerprint density at radius 3 is 1.41 bits per heavy atom. The first kappa shape index (κ1) is 36.0. The summed E-state index contributed by atoms with van der Waals surface area (Å²) < 4.78 is 57.2.